The lowest BCUT2D eigenvalue weighted by atomic mass is 9.89. The lowest BCUT2D eigenvalue weighted by Crippen LogP contribution is -2.60. The van der Waals surface area contributed by atoms with E-state index in [1.54, 1.807) is 4.52 Å². The Labute approximate surface area is 120 Å². The summed E-state index contributed by atoms with van der Waals surface area (Å²) in [4.78, 5) is 4.19. The van der Waals surface area contributed by atoms with Crippen molar-refractivity contribution in [3.05, 3.63) is 36.9 Å². The zero-order valence-corrected chi connectivity index (χ0v) is 11.3. The molecule has 0 radical (unpaired) electrons. The van der Waals surface area contributed by atoms with Crippen molar-refractivity contribution in [2.75, 3.05) is 13.1 Å². The van der Waals surface area contributed by atoms with Crippen molar-refractivity contribution >= 4 is 5.65 Å². The summed E-state index contributed by atoms with van der Waals surface area (Å²) in [5.74, 6) is 0. The Hall–Kier alpha value is -2.72. The van der Waals surface area contributed by atoms with Gasteiger partial charge in [-0.1, -0.05) is 6.07 Å². The molecule has 0 aliphatic carbocycles. The maximum Gasteiger partial charge on any atom is 0.155 e. The van der Waals surface area contributed by atoms with Gasteiger partial charge in [-0.25, -0.2) is 9.50 Å². The summed E-state index contributed by atoms with van der Waals surface area (Å²) < 4.78 is 3.69. The van der Waals surface area contributed by atoms with Gasteiger partial charge in [0.2, 0.25) is 0 Å². The van der Waals surface area contributed by atoms with Crippen LogP contribution in [0.4, 0.5) is 0 Å². The Bertz CT molecular complexity index is 834. The smallest absolute Gasteiger partial charge is 0.155 e. The molecule has 7 heteroatoms. The minimum Gasteiger partial charge on any atom is -0.312 e. The number of nitrogens with zero attached hydrogens (tertiary/aromatic N) is 6. The highest BCUT2D eigenvalue weighted by Crippen LogP contribution is 2.27. The highest BCUT2D eigenvalue weighted by molar-refractivity contribution is 5.61. The van der Waals surface area contributed by atoms with Gasteiger partial charge in [0.05, 0.1) is 24.4 Å². The highest BCUT2D eigenvalue weighted by atomic mass is 15.4. The van der Waals surface area contributed by atoms with Crippen LogP contribution in [0.15, 0.2) is 36.9 Å². The molecule has 3 aromatic rings. The number of nitrogens with one attached hydrogen (secondary N) is 1. The molecular weight excluding hydrogens is 266 g/mol. The average molecular weight is 279 g/mol. The van der Waals surface area contributed by atoms with Gasteiger partial charge in [0, 0.05) is 24.8 Å². The molecule has 1 fully saturated rings. The minimum absolute atomic E-state index is 0.219. The Morgan fingerprint density at radius 2 is 2.24 bits per heavy atom. The van der Waals surface area contributed by atoms with Crippen molar-refractivity contribution in [2.24, 2.45) is 0 Å². The largest absolute Gasteiger partial charge is 0.312 e. The third kappa shape index (κ3) is 1.73. The van der Waals surface area contributed by atoms with Gasteiger partial charge >= 0.3 is 0 Å². The number of hydrogen-bond acceptors (Lipinski definition) is 5. The summed E-state index contributed by atoms with van der Waals surface area (Å²) in [6.45, 7) is 1.55. The number of hydrogen-bond donors (Lipinski definition) is 1. The molecule has 104 valence electrons. The lowest BCUT2D eigenvalue weighted by Gasteiger charge is -2.41. The van der Waals surface area contributed by atoms with Crippen molar-refractivity contribution < 1.29 is 0 Å². The Morgan fingerprint density at radius 3 is 3.00 bits per heavy atom. The lowest BCUT2D eigenvalue weighted by molar-refractivity contribution is 0.160. The van der Waals surface area contributed by atoms with E-state index in [1.165, 1.54) is 6.33 Å². The van der Waals surface area contributed by atoms with Crippen LogP contribution in [0.1, 0.15) is 6.42 Å². The predicted octanol–water partition coefficient (Wildman–Crippen LogP) is 0.805. The van der Waals surface area contributed by atoms with Gasteiger partial charge in [0.25, 0.3) is 0 Å². The van der Waals surface area contributed by atoms with Crippen LogP contribution >= 0.6 is 0 Å². The number of fused-ring (bicyclic) bond motifs is 1. The summed E-state index contributed by atoms with van der Waals surface area (Å²) in [5.41, 5.74) is 2.49. The van der Waals surface area contributed by atoms with Crippen LogP contribution in [-0.4, -0.2) is 37.5 Å². The van der Waals surface area contributed by atoms with E-state index in [9.17, 15) is 0 Å². The molecule has 7 nitrogen and oxygen atoms in total. The molecule has 4 heterocycles. The number of aromatic nitrogens is 5. The summed E-state index contributed by atoms with van der Waals surface area (Å²) in [6.07, 6.45) is 5.79. The first-order chi connectivity index (χ1) is 10.3. The minimum atomic E-state index is -0.219. The van der Waals surface area contributed by atoms with E-state index in [-0.39, 0.29) is 5.54 Å². The molecular formula is C14H13N7. The first-order valence-electron chi connectivity index (χ1n) is 6.74. The van der Waals surface area contributed by atoms with Crippen LogP contribution in [0.5, 0.6) is 0 Å². The molecule has 1 N–H and O–H groups in total. The monoisotopic (exact) mass is 279 g/mol. The summed E-state index contributed by atoms with van der Waals surface area (Å²) in [5, 5.41) is 20.9. The van der Waals surface area contributed by atoms with E-state index >= 15 is 0 Å². The van der Waals surface area contributed by atoms with E-state index in [0.717, 1.165) is 30.0 Å². The molecule has 0 spiro atoms. The molecule has 0 bridgehead atoms. The fourth-order valence-corrected chi connectivity index (χ4v) is 2.71. The maximum absolute atomic E-state index is 9.02. The van der Waals surface area contributed by atoms with E-state index < -0.39 is 0 Å². The normalized spacial score (nSPS) is 16.5. The zero-order chi connectivity index (χ0) is 14.3. The van der Waals surface area contributed by atoms with Gasteiger partial charge in [-0.3, -0.25) is 4.68 Å². The second-order valence-corrected chi connectivity index (χ2v) is 5.28. The maximum atomic E-state index is 9.02. The summed E-state index contributed by atoms with van der Waals surface area (Å²) >= 11 is 0. The van der Waals surface area contributed by atoms with E-state index in [0.29, 0.717) is 6.42 Å². The standard InChI is InChI=1S/C14H13N7/c15-5-4-14(8-16-9-14)20-7-11(6-18-20)12-2-1-3-13-17-10-19-21(12)13/h1-3,6-7,10,16H,4,8-9H2. The van der Waals surface area contributed by atoms with Crippen LogP contribution in [0.25, 0.3) is 16.9 Å². The molecule has 0 aromatic carbocycles. The fourth-order valence-electron chi connectivity index (χ4n) is 2.71. The van der Waals surface area contributed by atoms with E-state index in [2.05, 4.69) is 26.6 Å². The van der Waals surface area contributed by atoms with Gasteiger partial charge in [-0.2, -0.15) is 15.5 Å². The average Bonchev–Trinajstić information content (AvgIpc) is 3.11. The molecule has 21 heavy (non-hydrogen) atoms. The molecule has 1 saturated heterocycles. The SMILES string of the molecule is N#CCC1(n2cc(-c3cccc4ncnn34)cn2)CNC1. The van der Waals surface area contributed by atoms with Gasteiger partial charge in [0.1, 0.15) is 11.9 Å². The molecule has 3 aromatic heterocycles. The zero-order valence-electron chi connectivity index (χ0n) is 11.3. The molecule has 0 amide bonds. The third-order valence-electron chi connectivity index (χ3n) is 3.98. The number of rotatable bonds is 3. The van der Waals surface area contributed by atoms with Crippen LogP contribution < -0.4 is 5.32 Å². The van der Waals surface area contributed by atoms with Crippen molar-refractivity contribution in [1.82, 2.24) is 29.7 Å². The fraction of sp³-hybridized carbons (Fsp3) is 0.286. The van der Waals surface area contributed by atoms with Crippen molar-refractivity contribution in [2.45, 2.75) is 12.0 Å². The molecule has 0 atom stereocenters. The predicted molar refractivity (Wildman–Crippen MR) is 75.3 cm³/mol. The van der Waals surface area contributed by atoms with Crippen molar-refractivity contribution in [1.29, 1.82) is 5.26 Å². The van der Waals surface area contributed by atoms with Crippen LogP contribution in [-0.2, 0) is 5.54 Å². The van der Waals surface area contributed by atoms with Gasteiger partial charge in [-0.05, 0) is 12.1 Å². The van der Waals surface area contributed by atoms with Gasteiger partial charge in [0.15, 0.2) is 5.65 Å². The van der Waals surface area contributed by atoms with E-state index in [1.807, 2.05) is 35.3 Å². The molecule has 0 saturated carbocycles. The second-order valence-electron chi connectivity index (χ2n) is 5.28. The molecule has 0 unspecified atom stereocenters. The summed E-state index contributed by atoms with van der Waals surface area (Å²) in [6, 6.07) is 8.10. The van der Waals surface area contributed by atoms with Crippen molar-refractivity contribution in [3.8, 4) is 17.3 Å². The Balaban J connectivity index is 1.78. The van der Waals surface area contributed by atoms with Gasteiger partial charge in [-0.15, -0.1) is 0 Å². The molecule has 1 aliphatic heterocycles. The third-order valence-corrected chi connectivity index (χ3v) is 3.98. The Kier molecular flexibility index (Phi) is 2.52. The topological polar surface area (TPSA) is 83.8 Å². The van der Waals surface area contributed by atoms with E-state index in [4.69, 9.17) is 5.26 Å². The van der Waals surface area contributed by atoms with Crippen LogP contribution in [0.2, 0.25) is 0 Å². The number of nitriles is 1. The van der Waals surface area contributed by atoms with Crippen LogP contribution in [0, 0.1) is 11.3 Å². The summed E-state index contributed by atoms with van der Waals surface area (Å²) in [7, 11) is 0. The highest BCUT2D eigenvalue weighted by Gasteiger charge is 2.39. The number of pyridine rings is 1. The van der Waals surface area contributed by atoms with Crippen molar-refractivity contribution in [3.63, 3.8) is 0 Å². The second kappa shape index (κ2) is 4.40. The first-order valence-corrected chi connectivity index (χ1v) is 6.74. The first kappa shape index (κ1) is 12.1. The quantitative estimate of drug-likeness (QED) is 0.767. The van der Waals surface area contributed by atoms with Gasteiger partial charge < -0.3 is 5.32 Å². The molecule has 1 aliphatic rings. The molecule has 4 rings (SSSR count). The Morgan fingerprint density at radius 1 is 1.33 bits per heavy atom. The van der Waals surface area contributed by atoms with Crippen LogP contribution in [0.3, 0.4) is 0 Å².